The van der Waals surface area contributed by atoms with Gasteiger partial charge in [0, 0.05) is 17.4 Å². The van der Waals surface area contributed by atoms with Crippen molar-refractivity contribution < 1.29 is 14.3 Å². The first kappa shape index (κ1) is 19.9. The van der Waals surface area contributed by atoms with Crippen LogP contribution in [0.3, 0.4) is 0 Å². The number of benzene rings is 2. The highest BCUT2D eigenvalue weighted by Gasteiger charge is 2.28. The Balaban J connectivity index is 2.13. The second-order valence-electron chi connectivity index (χ2n) is 7.14. The van der Waals surface area contributed by atoms with E-state index in [4.69, 9.17) is 4.74 Å². The van der Waals surface area contributed by atoms with Gasteiger partial charge in [0.25, 0.3) is 0 Å². The summed E-state index contributed by atoms with van der Waals surface area (Å²) in [6.45, 7) is 6.52. The molecule has 0 N–H and O–H groups in total. The van der Waals surface area contributed by atoms with E-state index in [1.165, 1.54) is 0 Å². The lowest BCUT2D eigenvalue weighted by atomic mass is 9.80. The van der Waals surface area contributed by atoms with Crippen LogP contribution in [0.2, 0.25) is 0 Å². The summed E-state index contributed by atoms with van der Waals surface area (Å²) < 4.78 is 5.39. The molecule has 0 aliphatic heterocycles. The molecule has 0 heterocycles. The zero-order valence-corrected chi connectivity index (χ0v) is 15.9. The number of hydrogen-bond donors (Lipinski definition) is 0. The van der Waals surface area contributed by atoms with Crippen molar-refractivity contribution in [1.82, 2.24) is 0 Å². The Morgan fingerprint density at radius 1 is 0.885 bits per heavy atom. The first-order chi connectivity index (χ1) is 12.5. The average molecular weight is 352 g/mol. The Hall–Kier alpha value is -2.42. The molecule has 0 aliphatic rings. The van der Waals surface area contributed by atoms with Crippen molar-refractivity contribution in [2.24, 2.45) is 11.8 Å². The lowest BCUT2D eigenvalue weighted by Gasteiger charge is -2.23. The van der Waals surface area contributed by atoms with Crippen LogP contribution in [-0.4, -0.2) is 18.4 Å². The first-order valence-electron chi connectivity index (χ1n) is 9.29. The summed E-state index contributed by atoms with van der Waals surface area (Å²) in [5.74, 6) is -0.208. The molecule has 2 atom stereocenters. The minimum atomic E-state index is -0.308. The number of rotatable bonds is 9. The van der Waals surface area contributed by atoms with Gasteiger partial charge in [-0.05, 0) is 17.9 Å². The molecule has 0 aliphatic carbocycles. The zero-order chi connectivity index (χ0) is 18.9. The largest absolute Gasteiger partial charge is 0.466 e. The van der Waals surface area contributed by atoms with Gasteiger partial charge in [0.05, 0.1) is 13.0 Å². The van der Waals surface area contributed by atoms with Crippen LogP contribution in [0.15, 0.2) is 60.7 Å². The van der Waals surface area contributed by atoms with E-state index >= 15 is 0 Å². The minimum absolute atomic E-state index is 0.0504. The molecule has 3 heteroatoms. The fourth-order valence-corrected chi connectivity index (χ4v) is 2.98. The summed E-state index contributed by atoms with van der Waals surface area (Å²) >= 11 is 0. The van der Waals surface area contributed by atoms with Crippen LogP contribution in [-0.2, 0) is 9.53 Å². The molecule has 0 amide bonds. The molecule has 2 rings (SSSR count). The van der Waals surface area contributed by atoms with Crippen LogP contribution in [0.5, 0.6) is 0 Å². The van der Waals surface area contributed by atoms with Crippen molar-refractivity contribution in [3.05, 3.63) is 71.8 Å². The molecule has 26 heavy (non-hydrogen) atoms. The summed E-state index contributed by atoms with van der Waals surface area (Å²) in [5.41, 5.74) is 1.67. The fourth-order valence-electron chi connectivity index (χ4n) is 2.98. The molecule has 0 saturated carbocycles. The van der Waals surface area contributed by atoms with E-state index in [2.05, 4.69) is 13.8 Å². The normalized spacial score (nSPS) is 13.2. The van der Waals surface area contributed by atoms with Gasteiger partial charge in [0.15, 0.2) is 5.78 Å². The number of ether oxygens (including phenoxy) is 1. The predicted molar refractivity (Wildman–Crippen MR) is 104 cm³/mol. The van der Waals surface area contributed by atoms with E-state index < -0.39 is 0 Å². The Kier molecular flexibility index (Phi) is 7.58. The van der Waals surface area contributed by atoms with E-state index in [9.17, 15) is 9.59 Å². The molecule has 138 valence electrons. The van der Waals surface area contributed by atoms with Gasteiger partial charge < -0.3 is 4.74 Å². The van der Waals surface area contributed by atoms with Crippen LogP contribution in [0.4, 0.5) is 0 Å². The van der Waals surface area contributed by atoms with Crippen LogP contribution in [0.1, 0.15) is 55.5 Å². The van der Waals surface area contributed by atoms with E-state index in [-0.39, 0.29) is 30.0 Å². The second kappa shape index (κ2) is 9.91. The van der Waals surface area contributed by atoms with E-state index in [1.54, 1.807) is 0 Å². The SMILES string of the molecule is CC(C)CCOC(=O)CC(c1ccccc1)C(C)C(=O)c1ccccc1. The monoisotopic (exact) mass is 352 g/mol. The predicted octanol–water partition coefficient (Wildman–Crippen LogP) is 5.27. The van der Waals surface area contributed by atoms with Crippen molar-refractivity contribution in [3.63, 3.8) is 0 Å². The number of carbonyl (C=O) groups excluding carboxylic acids is 2. The van der Waals surface area contributed by atoms with Crippen LogP contribution < -0.4 is 0 Å². The van der Waals surface area contributed by atoms with Gasteiger partial charge in [0.2, 0.25) is 0 Å². The van der Waals surface area contributed by atoms with E-state index in [0.717, 1.165) is 12.0 Å². The maximum absolute atomic E-state index is 12.9. The topological polar surface area (TPSA) is 43.4 Å². The summed E-state index contributed by atoms with van der Waals surface area (Å²) in [6, 6.07) is 19.0. The summed E-state index contributed by atoms with van der Waals surface area (Å²) in [7, 11) is 0. The molecule has 0 aromatic heterocycles. The third kappa shape index (κ3) is 5.83. The van der Waals surface area contributed by atoms with Crippen LogP contribution >= 0.6 is 0 Å². The third-order valence-corrected chi connectivity index (χ3v) is 4.65. The molecule has 0 saturated heterocycles. The van der Waals surface area contributed by atoms with Crippen LogP contribution in [0.25, 0.3) is 0 Å². The number of Topliss-reactive ketones (excluding diaryl/α,β-unsaturated/α-hetero) is 1. The molecule has 2 unspecified atom stereocenters. The Labute approximate surface area is 156 Å². The molecular weight excluding hydrogens is 324 g/mol. The molecular formula is C23H28O3. The van der Waals surface area contributed by atoms with Gasteiger partial charge in [-0.15, -0.1) is 0 Å². The van der Waals surface area contributed by atoms with E-state index in [0.29, 0.717) is 18.1 Å². The standard InChI is InChI=1S/C23H28O3/c1-17(2)14-15-26-22(24)16-21(19-10-6-4-7-11-19)18(3)23(25)20-12-8-5-9-13-20/h4-13,17-18,21H,14-16H2,1-3H3. The Bertz CT molecular complexity index is 692. The molecule has 0 fully saturated rings. The second-order valence-corrected chi connectivity index (χ2v) is 7.14. The smallest absolute Gasteiger partial charge is 0.306 e. The van der Waals surface area contributed by atoms with Gasteiger partial charge in [-0.25, -0.2) is 0 Å². The summed E-state index contributed by atoms with van der Waals surface area (Å²) in [5, 5.41) is 0. The van der Waals surface area contributed by atoms with Crippen molar-refractivity contribution in [3.8, 4) is 0 Å². The highest BCUT2D eigenvalue weighted by atomic mass is 16.5. The fraction of sp³-hybridized carbons (Fsp3) is 0.391. The van der Waals surface area contributed by atoms with Gasteiger partial charge in [-0.2, -0.15) is 0 Å². The van der Waals surface area contributed by atoms with Crippen molar-refractivity contribution >= 4 is 11.8 Å². The lowest BCUT2D eigenvalue weighted by Crippen LogP contribution is -2.23. The zero-order valence-electron chi connectivity index (χ0n) is 15.9. The number of ketones is 1. The molecule has 0 radical (unpaired) electrons. The highest BCUT2D eigenvalue weighted by molar-refractivity contribution is 5.98. The molecule has 2 aromatic carbocycles. The third-order valence-electron chi connectivity index (χ3n) is 4.65. The highest BCUT2D eigenvalue weighted by Crippen LogP contribution is 2.31. The molecule has 0 bridgehead atoms. The minimum Gasteiger partial charge on any atom is -0.466 e. The van der Waals surface area contributed by atoms with Crippen molar-refractivity contribution in [1.29, 1.82) is 0 Å². The van der Waals surface area contributed by atoms with Gasteiger partial charge >= 0.3 is 5.97 Å². The van der Waals surface area contributed by atoms with E-state index in [1.807, 2.05) is 67.6 Å². The Morgan fingerprint density at radius 2 is 1.46 bits per heavy atom. The summed E-state index contributed by atoms with van der Waals surface area (Å²) in [6.07, 6.45) is 1.06. The maximum Gasteiger partial charge on any atom is 0.306 e. The average Bonchev–Trinajstić information content (AvgIpc) is 2.66. The molecule has 0 spiro atoms. The van der Waals surface area contributed by atoms with Crippen molar-refractivity contribution in [2.45, 2.75) is 39.5 Å². The first-order valence-corrected chi connectivity index (χ1v) is 9.29. The lowest BCUT2D eigenvalue weighted by molar-refractivity contribution is -0.144. The number of esters is 1. The van der Waals surface area contributed by atoms with Gasteiger partial charge in [0.1, 0.15) is 0 Å². The molecule has 2 aromatic rings. The molecule has 3 nitrogen and oxygen atoms in total. The van der Waals surface area contributed by atoms with Crippen LogP contribution in [0, 0.1) is 11.8 Å². The Morgan fingerprint density at radius 3 is 2.04 bits per heavy atom. The number of carbonyl (C=O) groups is 2. The van der Waals surface area contributed by atoms with Gasteiger partial charge in [-0.1, -0.05) is 81.4 Å². The quantitative estimate of drug-likeness (QED) is 0.456. The maximum atomic E-state index is 12.9. The van der Waals surface area contributed by atoms with Gasteiger partial charge in [-0.3, -0.25) is 9.59 Å². The van der Waals surface area contributed by atoms with Crippen molar-refractivity contribution in [2.75, 3.05) is 6.61 Å². The summed E-state index contributed by atoms with van der Waals surface area (Å²) in [4.78, 5) is 25.2. The number of hydrogen-bond acceptors (Lipinski definition) is 3.